The van der Waals surface area contributed by atoms with Gasteiger partial charge < -0.3 is 18.6 Å². The smallest absolute Gasteiger partial charge is 0.293 e. The van der Waals surface area contributed by atoms with Gasteiger partial charge in [-0.2, -0.15) is 0 Å². The minimum atomic E-state index is -1.05. The molecule has 0 radical (unpaired) electrons. The van der Waals surface area contributed by atoms with Crippen LogP contribution in [0, 0.1) is 11.6 Å². The molecule has 8 rings (SSSR count). The second kappa shape index (κ2) is 17.1. The van der Waals surface area contributed by atoms with E-state index in [0.717, 1.165) is 44.4 Å². The van der Waals surface area contributed by atoms with E-state index >= 15 is 0 Å². The van der Waals surface area contributed by atoms with Gasteiger partial charge in [0.05, 0.1) is 5.56 Å². The Morgan fingerprint density at radius 2 is 1.05 bits per heavy atom. The van der Waals surface area contributed by atoms with Crippen molar-refractivity contribution in [2.75, 3.05) is 0 Å². The van der Waals surface area contributed by atoms with Crippen LogP contribution in [0.1, 0.15) is 32.6 Å². The lowest BCUT2D eigenvalue weighted by molar-refractivity contribution is -0.108. The number of fused-ring (bicyclic) bond motifs is 2. The maximum absolute atomic E-state index is 13.2. The summed E-state index contributed by atoms with van der Waals surface area (Å²) >= 11 is 5.46. The van der Waals surface area contributed by atoms with Crippen LogP contribution in [0.3, 0.4) is 0 Å². The molecule has 2 heterocycles. The lowest BCUT2D eigenvalue weighted by atomic mass is 10.1. The first-order chi connectivity index (χ1) is 26.8. The lowest BCUT2D eigenvalue weighted by Crippen LogP contribution is -2.06. The monoisotopic (exact) mass is 752 g/mol. The number of Topliss-reactive ketones (excluding diaryl/α,β-unsaturated/α-hetero) is 1. The van der Waals surface area contributed by atoms with Crippen molar-refractivity contribution >= 4 is 44.4 Å². The maximum Gasteiger partial charge on any atom is 0.293 e. The molecule has 0 spiro atoms. The van der Waals surface area contributed by atoms with Crippen molar-refractivity contribution in [2.24, 2.45) is 0 Å². The summed E-state index contributed by atoms with van der Waals surface area (Å²) in [4.78, 5) is 23.9. The van der Waals surface area contributed by atoms with Crippen molar-refractivity contribution in [3.63, 3.8) is 0 Å². The van der Waals surface area contributed by atoms with Gasteiger partial charge in [-0.15, -0.1) is 0 Å². The van der Waals surface area contributed by atoms with Crippen molar-refractivity contribution in [3.05, 3.63) is 204 Å². The molecular formula is C46H35ClF2N2O4. The van der Waals surface area contributed by atoms with E-state index in [4.69, 9.17) is 21.1 Å². The number of carbonyl (C=O) groups excluding carboxylic acids is 2. The van der Waals surface area contributed by atoms with Gasteiger partial charge in [-0.05, 0) is 101 Å². The zero-order chi connectivity index (χ0) is 38.1. The third-order valence-corrected chi connectivity index (χ3v) is 9.22. The number of ether oxygens (including phenoxy) is 2. The van der Waals surface area contributed by atoms with Crippen LogP contribution in [-0.4, -0.2) is 20.2 Å². The number of ketones is 1. The fourth-order valence-corrected chi connectivity index (χ4v) is 6.35. The van der Waals surface area contributed by atoms with Gasteiger partial charge >= 0.3 is 0 Å². The van der Waals surface area contributed by atoms with E-state index in [0.29, 0.717) is 37.4 Å². The lowest BCUT2D eigenvalue weighted by Gasteiger charge is -2.08. The number of aromatic nitrogens is 2. The summed E-state index contributed by atoms with van der Waals surface area (Å²) in [5.41, 5.74) is 6.17. The predicted octanol–water partition coefficient (Wildman–Crippen LogP) is 10.8. The molecule has 0 fully saturated rings. The number of carbonyl (C=O) groups is 2. The molecule has 55 heavy (non-hydrogen) atoms. The highest BCUT2D eigenvalue weighted by molar-refractivity contribution is 6.83. The molecule has 0 unspecified atom stereocenters. The summed E-state index contributed by atoms with van der Waals surface area (Å²) in [5.74, 6) is 0.124. The first-order valence-corrected chi connectivity index (χ1v) is 17.9. The van der Waals surface area contributed by atoms with Crippen LogP contribution in [0.4, 0.5) is 8.78 Å². The zero-order valence-electron chi connectivity index (χ0n) is 29.6. The van der Waals surface area contributed by atoms with Crippen molar-refractivity contribution in [2.45, 2.75) is 26.3 Å². The topological polar surface area (TPSA) is 62.5 Å². The van der Waals surface area contributed by atoms with Gasteiger partial charge in [0, 0.05) is 47.3 Å². The molecule has 0 atom stereocenters. The Kier molecular flexibility index (Phi) is 11.4. The second-order valence-electron chi connectivity index (χ2n) is 12.9. The van der Waals surface area contributed by atoms with Crippen LogP contribution in [0.15, 0.2) is 164 Å². The average molecular weight is 753 g/mol. The van der Waals surface area contributed by atoms with Crippen LogP contribution in [-0.2, 0) is 31.1 Å². The van der Waals surface area contributed by atoms with Gasteiger partial charge in [0.1, 0.15) is 36.3 Å². The Morgan fingerprint density at radius 3 is 1.60 bits per heavy atom. The molecule has 274 valence electrons. The molecule has 9 heteroatoms. The number of hydrogen-bond donors (Lipinski definition) is 0. The van der Waals surface area contributed by atoms with Crippen LogP contribution in [0.25, 0.3) is 21.8 Å². The van der Waals surface area contributed by atoms with Crippen molar-refractivity contribution in [1.82, 2.24) is 9.13 Å². The molecule has 0 aliphatic heterocycles. The van der Waals surface area contributed by atoms with Crippen molar-refractivity contribution in [1.29, 1.82) is 0 Å². The van der Waals surface area contributed by atoms with Crippen molar-refractivity contribution in [3.8, 4) is 11.5 Å². The van der Waals surface area contributed by atoms with E-state index < -0.39 is 11.0 Å². The molecule has 0 amide bonds. The Labute approximate surface area is 321 Å². The summed E-state index contributed by atoms with van der Waals surface area (Å²) in [6, 6.07) is 46.1. The minimum Gasteiger partial charge on any atom is -0.489 e. The Morgan fingerprint density at radius 1 is 0.545 bits per heavy atom. The average Bonchev–Trinajstić information content (AvgIpc) is 3.78. The second-order valence-corrected chi connectivity index (χ2v) is 13.3. The summed E-state index contributed by atoms with van der Waals surface area (Å²) < 4.78 is 42.0. The molecule has 0 saturated carbocycles. The minimum absolute atomic E-state index is 0.206. The Hall–Kier alpha value is -6.51. The number of nitrogens with zero attached hydrogens (tertiary/aromatic N) is 2. The fourth-order valence-electron chi connectivity index (χ4n) is 6.24. The summed E-state index contributed by atoms with van der Waals surface area (Å²) in [7, 11) is 0. The largest absolute Gasteiger partial charge is 0.489 e. The van der Waals surface area contributed by atoms with Crippen molar-refractivity contribution < 1.29 is 27.8 Å². The molecule has 8 aromatic rings. The van der Waals surface area contributed by atoms with Crippen LogP contribution >= 0.6 is 11.6 Å². The van der Waals surface area contributed by atoms with E-state index in [1.807, 2.05) is 83.4 Å². The molecule has 2 aromatic heterocycles. The van der Waals surface area contributed by atoms with E-state index in [2.05, 4.69) is 41.1 Å². The van der Waals surface area contributed by atoms with Gasteiger partial charge in [-0.1, -0.05) is 84.9 Å². The third kappa shape index (κ3) is 9.36. The van der Waals surface area contributed by atoms with Gasteiger partial charge in [0.25, 0.3) is 5.24 Å². The third-order valence-electron chi connectivity index (χ3n) is 9.05. The Bertz CT molecular complexity index is 2550. The highest BCUT2D eigenvalue weighted by Gasteiger charge is 2.21. The zero-order valence-corrected chi connectivity index (χ0v) is 30.3. The van der Waals surface area contributed by atoms with E-state index in [1.165, 1.54) is 24.3 Å². The number of rotatable bonds is 12. The molecule has 0 aliphatic rings. The fraction of sp³-hybridized carbons (Fsp3) is 0.0870. The van der Waals surface area contributed by atoms with E-state index in [9.17, 15) is 18.4 Å². The first-order valence-electron chi connectivity index (χ1n) is 17.6. The summed E-state index contributed by atoms with van der Waals surface area (Å²) in [5, 5.41) is 0.654. The van der Waals surface area contributed by atoms with Gasteiger partial charge in [0.15, 0.2) is 0 Å². The summed E-state index contributed by atoms with van der Waals surface area (Å²) in [6.45, 7) is 2.06. The molecule has 0 saturated heterocycles. The standard InChI is InChI=1S/C24H17ClFNO3.C22H18FNO/c25-24(29)23(28)21-14-27(13-16-6-8-18(26)9-7-16)22-11-10-19(12-20(21)22)30-15-17-4-2-1-3-5-17;23-20-8-6-17(7-9-20)15-24-13-12-19-14-21(10-11-22(19)24)25-16-18-4-2-1-3-5-18/h1-12,14H,13,15H2;1-14H,15-16H2. The molecular weight excluding hydrogens is 718 g/mol. The van der Waals surface area contributed by atoms with E-state index in [1.54, 1.807) is 24.4 Å². The quantitative estimate of drug-likeness (QED) is 0.0708. The molecule has 0 bridgehead atoms. The van der Waals surface area contributed by atoms with Crippen LogP contribution < -0.4 is 9.47 Å². The number of benzene rings is 6. The number of halogens is 3. The molecule has 6 aromatic carbocycles. The van der Waals surface area contributed by atoms with Gasteiger partial charge in [-0.3, -0.25) is 9.59 Å². The normalized spacial score (nSPS) is 10.9. The van der Waals surface area contributed by atoms with Crippen LogP contribution in [0.5, 0.6) is 11.5 Å². The Balaban J connectivity index is 0.000000172. The van der Waals surface area contributed by atoms with Crippen LogP contribution in [0.2, 0.25) is 0 Å². The molecule has 0 aliphatic carbocycles. The van der Waals surface area contributed by atoms with Gasteiger partial charge in [0.2, 0.25) is 5.78 Å². The molecule has 6 nitrogen and oxygen atoms in total. The number of hydrogen-bond acceptors (Lipinski definition) is 4. The highest BCUT2D eigenvalue weighted by Crippen LogP contribution is 2.29. The van der Waals surface area contributed by atoms with E-state index in [-0.39, 0.29) is 17.2 Å². The highest BCUT2D eigenvalue weighted by atomic mass is 35.5. The van der Waals surface area contributed by atoms with Gasteiger partial charge in [-0.25, -0.2) is 8.78 Å². The maximum atomic E-state index is 13.2. The molecule has 0 N–H and O–H groups in total. The predicted molar refractivity (Wildman–Crippen MR) is 212 cm³/mol. The first kappa shape index (κ1) is 36.8. The summed E-state index contributed by atoms with van der Waals surface area (Å²) in [6.07, 6.45) is 3.65. The SMILES string of the molecule is Fc1ccc(Cn2ccc3cc(OCc4ccccc4)ccc32)cc1.O=C(Cl)C(=O)c1cn(Cc2ccc(F)cc2)c2ccc(OCc3ccccc3)cc12.